The molecule has 1 fully saturated rings. The van der Waals surface area contributed by atoms with Crippen molar-refractivity contribution in [2.24, 2.45) is 5.73 Å². The van der Waals surface area contributed by atoms with Crippen molar-refractivity contribution in [2.75, 3.05) is 18.0 Å². The third-order valence-corrected chi connectivity index (χ3v) is 3.06. The molecule has 0 unspecified atom stereocenters. The first-order valence-corrected chi connectivity index (χ1v) is 5.97. The molecule has 0 amide bonds. The Bertz CT molecular complexity index is 458. The summed E-state index contributed by atoms with van der Waals surface area (Å²) in [6, 6.07) is -0.181. The van der Waals surface area contributed by atoms with Gasteiger partial charge in [0.05, 0.1) is 0 Å². The first-order valence-electron chi connectivity index (χ1n) is 5.97. The summed E-state index contributed by atoms with van der Waals surface area (Å²) in [4.78, 5) is 1.23. The van der Waals surface area contributed by atoms with Gasteiger partial charge in [-0.25, -0.2) is 22.0 Å². The van der Waals surface area contributed by atoms with Gasteiger partial charge in [-0.2, -0.15) is 0 Å². The molecule has 7 heteroatoms. The van der Waals surface area contributed by atoms with Crippen LogP contribution in [0.3, 0.4) is 0 Å². The highest BCUT2D eigenvalue weighted by atomic mass is 19.2. The molecule has 0 radical (unpaired) electrons. The third-order valence-electron chi connectivity index (χ3n) is 3.06. The van der Waals surface area contributed by atoms with E-state index in [0.29, 0.717) is 19.3 Å². The lowest BCUT2D eigenvalue weighted by Crippen LogP contribution is -2.31. The van der Waals surface area contributed by atoms with Gasteiger partial charge < -0.3 is 10.6 Å². The van der Waals surface area contributed by atoms with Crippen molar-refractivity contribution in [3.63, 3.8) is 0 Å². The van der Waals surface area contributed by atoms with Crippen LogP contribution in [0.15, 0.2) is 0 Å². The van der Waals surface area contributed by atoms with Crippen LogP contribution in [-0.2, 0) is 0 Å². The zero-order chi connectivity index (χ0) is 14.2. The molecule has 2 nitrogen and oxygen atoms in total. The number of rotatable bonds is 5. The van der Waals surface area contributed by atoms with Crippen molar-refractivity contribution < 1.29 is 22.0 Å². The maximum atomic E-state index is 13.7. The number of nitrogens with zero attached hydrogens (tertiary/aromatic N) is 1. The predicted molar refractivity (Wildman–Crippen MR) is 60.3 cm³/mol. The van der Waals surface area contributed by atoms with Crippen molar-refractivity contribution in [3.8, 4) is 0 Å². The molecule has 1 aromatic carbocycles. The second-order valence-corrected chi connectivity index (χ2v) is 4.49. The van der Waals surface area contributed by atoms with E-state index in [0.717, 1.165) is 0 Å². The Morgan fingerprint density at radius 2 is 1.37 bits per heavy atom. The van der Waals surface area contributed by atoms with Crippen molar-refractivity contribution in [2.45, 2.75) is 25.3 Å². The van der Waals surface area contributed by atoms with Crippen molar-refractivity contribution >= 4 is 5.69 Å². The lowest BCUT2D eigenvalue weighted by molar-refractivity contribution is 0.377. The van der Waals surface area contributed by atoms with E-state index in [2.05, 4.69) is 0 Å². The van der Waals surface area contributed by atoms with Crippen LogP contribution in [0.2, 0.25) is 0 Å². The lowest BCUT2D eigenvalue weighted by Gasteiger charge is -2.25. The minimum atomic E-state index is -2.13. The molecule has 106 valence electrons. The molecular weight excluding hydrogens is 267 g/mol. The molecule has 0 aromatic heterocycles. The predicted octanol–water partition coefficient (Wildman–Crippen LogP) is 2.70. The molecule has 0 aliphatic heterocycles. The smallest absolute Gasteiger partial charge is 0.200 e. The van der Waals surface area contributed by atoms with Crippen LogP contribution in [0, 0.1) is 29.1 Å². The molecule has 1 aliphatic rings. The Morgan fingerprint density at radius 1 is 0.895 bits per heavy atom. The first-order chi connectivity index (χ1) is 8.99. The Labute approximate surface area is 107 Å². The zero-order valence-corrected chi connectivity index (χ0v) is 10.0. The summed E-state index contributed by atoms with van der Waals surface area (Å²) in [7, 11) is 0. The lowest BCUT2D eigenvalue weighted by atomic mass is 10.2. The highest BCUT2D eigenvalue weighted by Gasteiger charge is 2.36. The summed E-state index contributed by atoms with van der Waals surface area (Å²) in [5, 5.41) is 0. The summed E-state index contributed by atoms with van der Waals surface area (Å²) in [5.74, 6) is -9.51. The number of nitrogens with two attached hydrogens (primary N) is 1. The first kappa shape index (κ1) is 14.0. The van der Waals surface area contributed by atoms with Crippen molar-refractivity contribution in [1.29, 1.82) is 0 Å². The molecule has 19 heavy (non-hydrogen) atoms. The van der Waals surface area contributed by atoms with Gasteiger partial charge in [-0.15, -0.1) is 0 Å². The number of benzene rings is 1. The van der Waals surface area contributed by atoms with E-state index in [4.69, 9.17) is 5.73 Å². The monoisotopic (exact) mass is 280 g/mol. The van der Waals surface area contributed by atoms with E-state index in [9.17, 15) is 22.0 Å². The fourth-order valence-corrected chi connectivity index (χ4v) is 1.97. The van der Waals surface area contributed by atoms with Gasteiger partial charge in [-0.05, 0) is 25.8 Å². The Kier molecular flexibility index (Phi) is 3.93. The summed E-state index contributed by atoms with van der Waals surface area (Å²) >= 11 is 0. The molecule has 0 heterocycles. The van der Waals surface area contributed by atoms with Crippen LogP contribution in [0.1, 0.15) is 19.3 Å². The van der Waals surface area contributed by atoms with E-state index < -0.39 is 34.8 Å². The Morgan fingerprint density at radius 3 is 1.79 bits per heavy atom. The molecule has 0 bridgehead atoms. The van der Waals surface area contributed by atoms with E-state index in [1.54, 1.807) is 0 Å². The average molecular weight is 280 g/mol. The topological polar surface area (TPSA) is 29.3 Å². The minimum absolute atomic E-state index is 0.166. The molecule has 2 N–H and O–H groups in total. The highest BCUT2D eigenvalue weighted by molar-refractivity contribution is 5.52. The molecule has 2 rings (SSSR count). The summed E-state index contributed by atoms with van der Waals surface area (Å²) in [6.07, 6.45) is 1.75. The van der Waals surface area contributed by atoms with Gasteiger partial charge in [-0.1, -0.05) is 0 Å². The molecule has 1 aliphatic carbocycles. The largest absolute Gasteiger partial charge is 0.364 e. The highest BCUT2D eigenvalue weighted by Crippen LogP contribution is 2.37. The molecule has 1 aromatic rings. The van der Waals surface area contributed by atoms with Crippen LogP contribution in [-0.4, -0.2) is 19.1 Å². The van der Waals surface area contributed by atoms with E-state index >= 15 is 0 Å². The van der Waals surface area contributed by atoms with E-state index in [1.165, 1.54) is 4.90 Å². The second-order valence-electron chi connectivity index (χ2n) is 4.49. The van der Waals surface area contributed by atoms with E-state index in [1.807, 2.05) is 0 Å². The van der Waals surface area contributed by atoms with Crippen LogP contribution < -0.4 is 10.6 Å². The fraction of sp³-hybridized carbons (Fsp3) is 0.500. The number of hydrogen-bond donors (Lipinski definition) is 1. The van der Waals surface area contributed by atoms with Gasteiger partial charge in [0.1, 0.15) is 5.69 Å². The maximum absolute atomic E-state index is 13.7. The fourth-order valence-electron chi connectivity index (χ4n) is 1.97. The van der Waals surface area contributed by atoms with Crippen LogP contribution in [0.4, 0.5) is 27.6 Å². The third kappa shape index (κ3) is 2.51. The molecule has 1 saturated carbocycles. The van der Waals surface area contributed by atoms with Gasteiger partial charge >= 0.3 is 0 Å². The molecule has 0 saturated heterocycles. The normalized spacial score (nSPS) is 14.8. The zero-order valence-electron chi connectivity index (χ0n) is 10.0. The van der Waals surface area contributed by atoms with Crippen molar-refractivity contribution in [3.05, 3.63) is 29.1 Å². The quantitative estimate of drug-likeness (QED) is 0.510. The van der Waals surface area contributed by atoms with Gasteiger partial charge in [0.25, 0.3) is 0 Å². The van der Waals surface area contributed by atoms with Gasteiger partial charge in [0, 0.05) is 12.6 Å². The SMILES string of the molecule is NCCCN(c1c(F)c(F)c(F)c(F)c1F)C1CC1. The summed E-state index contributed by atoms with van der Waals surface area (Å²) < 4.78 is 66.6. The summed E-state index contributed by atoms with van der Waals surface area (Å²) in [5.41, 5.74) is 4.47. The number of halogens is 5. The summed E-state index contributed by atoms with van der Waals surface area (Å²) in [6.45, 7) is 0.443. The van der Waals surface area contributed by atoms with Crippen molar-refractivity contribution in [1.82, 2.24) is 0 Å². The minimum Gasteiger partial charge on any atom is -0.364 e. The van der Waals surface area contributed by atoms with E-state index in [-0.39, 0.29) is 19.1 Å². The van der Waals surface area contributed by atoms with Crippen LogP contribution in [0.5, 0.6) is 0 Å². The number of hydrogen-bond acceptors (Lipinski definition) is 2. The van der Waals surface area contributed by atoms with Crippen LogP contribution >= 0.6 is 0 Å². The molecule has 0 atom stereocenters. The molecule has 0 spiro atoms. The van der Waals surface area contributed by atoms with Gasteiger partial charge in [-0.3, -0.25) is 0 Å². The van der Waals surface area contributed by atoms with Gasteiger partial charge in [0.15, 0.2) is 23.3 Å². The van der Waals surface area contributed by atoms with Gasteiger partial charge in [0.2, 0.25) is 5.82 Å². The Hall–Kier alpha value is -1.37. The molecular formula is C12H13F5N2. The second kappa shape index (κ2) is 5.32. The number of anilines is 1. The Balaban J connectivity index is 2.46. The average Bonchev–Trinajstić information content (AvgIpc) is 3.22. The standard InChI is InChI=1S/C12H13F5N2/c13-7-8(14)10(16)12(11(17)9(7)15)19(5-1-4-18)6-2-3-6/h6H,1-5,18H2. The maximum Gasteiger partial charge on any atom is 0.200 e. The van der Waals surface area contributed by atoms with Crippen LogP contribution in [0.25, 0.3) is 0 Å².